The van der Waals surface area contributed by atoms with Gasteiger partial charge in [0.1, 0.15) is 0 Å². The fourth-order valence-electron chi connectivity index (χ4n) is 1.36. The van der Waals surface area contributed by atoms with Crippen molar-refractivity contribution in [1.82, 2.24) is 5.32 Å². The van der Waals surface area contributed by atoms with Crippen molar-refractivity contribution < 1.29 is 4.79 Å². The molecule has 0 heterocycles. The second kappa shape index (κ2) is 6.65. The number of amides is 1. The highest BCUT2D eigenvalue weighted by molar-refractivity contribution is 5.78. The monoisotopic (exact) mass is 211 g/mol. The van der Waals surface area contributed by atoms with Gasteiger partial charge < -0.3 is 5.32 Å². The minimum Gasteiger partial charge on any atom is -0.351 e. The van der Waals surface area contributed by atoms with Crippen LogP contribution in [0.5, 0.6) is 0 Å². The van der Waals surface area contributed by atoms with E-state index in [1.807, 2.05) is 33.8 Å². The molecule has 88 valence electrons. The molecule has 1 atom stereocenters. The van der Waals surface area contributed by atoms with Crippen molar-refractivity contribution in [3.63, 3.8) is 0 Å². The predicted octanol–water partition coefficient (Wildman–Crippen LogP) is 3.28. The highest BCUT2D eigenvalue weighted by Crippen LogP contribution is 2.11. The van der Waals surface area contributed by atoms with Crippen molar-refractivity contribution in [2.24, 2.45) is 5.92 Å². The Morgan fingerprint density at radius 3 is 2.47 bits per heavy atom. The molecule has 0 aliphatic carbocycles. The van der Waals surface area contributed by atoms with Gasteiger partial charge in [-0.05, 0) is 40.0 Å². The molecule has 0 saturated heterocycles. The molecule has 1 unspecified atom stereocenters. The Kier molecular flexibility index (Phi) is 6.30. The summed E-state index contributed by atoms with van der Waals surface area (Å²) in [5, 5.41) is 3.00. The Morgan fingerprint density at radius 1 is 1.40 bits per heavy atom. The first kappa shape index (κ1) is 14.2. The summed E-state index contributed by atoms with van der Waals surface area (Å²) < 4.78 is 0. The van der Waals surface area contributed by atoms with Crippen molar-refractivity contribution in [2.45, 2.75) is 58.9 Å². The zero-order valence-corrected chi connectivity index (χ0v) is 10.6. The fourth-order valence-corrected chi connectivity index (χ4v) is 1.36. The van der Waals surface area contributed by atoms with Crippen molar-refractivity contribution in [3.05, 3.63) is 12.7 Å². The van der Waals surface area contributed by atoms with E-state index in [0.717, 1.165) is 25.7 Å². The van der Waals surface area contributed by atoms with Crippen LogP contribution in [0.15, 0.2) is 12.7 Å². The number of carbonyl (C=O) groups is 1. The quantitative estimate of drug-likeness (QED) is 0.530. The lowest BCUT2D eigenvalue weighted by atomic mass is 10.0. The Morgan fingerprint density at radius 2 is 2.00 bits per heavy atom. The van der Waals surface area contributed by atoms with E-state index in [1.54, 1.807) is 0 Å². The molecule has 1 amide bonds. The molecular weight excluding hydrogens is 186 g/mol. The molecule has 2 heteroatoms. The van der Waals surface area contributed by atoms with Gasteiger partial charge in [-0.3, -0.25) is 4.79 Å². The summed E-state index contributed by atoms with van der Waals surface area (Å²) in [6.45, 7) is 11.7. The molecule has 0 bridgehead atoms. The van der Waals surface area contributed by atoms with E-state index in [9.17, 15) is 4.79 Å². The molecule has 0 saturated carbocycles. The van der Waals surface area contributed by atoms with Gasteiger partial charge in [0.25, 0.3) is 0 Å². The second-order valence-electron chi connectivity index (χ2n) is 5.21. The Balaban J connectivity index is 3.74. The van der Waals surface area contributed by atoms with E-state index in [-0.39, 0.29) is 17.4 Å². The van der Waals surface area contributed by atoms with Crippen molar-refractivity contribution >= 4 is 5.91 Å². The Bertz CT molecular complexity index is 203. The van der Waals surface area contributed by atoms with Crippen LogP contribution >= 0.6 is 0 Å². The van der Waals surface area contributed by atoms with E-state index in [0.29, 0.717) is 0 Å². The molecule has 0 aliphatic heterocycles. The van der Waals surface area contributed by atoms with Crippen molar-refractivity contribution in [1.29, 1.82) is 0 Å². The lowest BCUT2D eigenvalue weighted by molar-refractivity contribution is -0.126. The summed E-state index contributed by atoms with van der Waals surface area (Å²) >= 11 is 0. The summed E-state index contributed by atoms with van der Waals surface area (Å²) in [5.41, 5.74) is -0.119. The largest absolute Gasteiger partial charge is 0.351 e. The standard InChI is InChI=1S/C13H25NO/c1-6-7-8-9-10-11(2)12(15)14-13(3,4)5/h6,11H,1,7-10H2,2-5H3,(H,14,15). The summed E-state index contributed by atoms with van der Waals surface area (Å²) in [7, 11) is 0. The lowest BCUT2D eigenvalue weighted by Crippen LogP contribution is -2.43. The van der Waals surface area contributed by atoms with Crippen LogP contribution in [0.2, 0.25) is 0 Å². The molecule has 0 aliphatic rings. The molecule has 0 radical (unpaired) electrons. The van der Waals surface area contributed by atoms with Crippen LogP contribution in [0.3, 0.4) is 0 Å². The summed E-state index contributed by atoms with van der Waals surface area (Å²) in [4.78, 5) is 11.7. The van der Waals surface area contributed by atoms with E-state index in [1.165, 1.54) is 0 Å². The molecule has 0 aromatic rings. The molecule has 0 fully saturated rings. The number of allylic oxidation sites excluding steroid dienone is 1. The zero-order valence-electron chi connectivity index (χ0n) is 10.6. The Hall–Kier alpha value is -0.790. The van der Waals surface area contributed by atoms with Gasteiger partial charge in [-0.2, -0.15) is 0 Å². The smallest absolute Gasteiger partial charge is 0.223 e. The van der Waals surface area contributed by atoms with Crippen molar-refractivity contribution in [3.8, 4) is 0 Å². The van der Waals surface area contributed by atoms with Gasteiger partial charge in [0.2, 0.25) is 5.91 Å². The summed E-state index contributed by atoms with van der Waals surface area (Å²) in [6, 6.07) is 0. The van der Waals surface area contributed by atoms with Gasteiger partial charge in [0, 0.05) is 11.5 Å². The number of carbonyl (C=O) groups excluding carboxylic acids is 1. The van der Waals surface area contributed by atoms with Crippen LogP contribution < -0.4 is 5.32 Å². The SMILES string of the molecule is C=CCCCCC(C)C(=O)NC(C)(C)C. The predicted molar refractivity (Wildman–Crippen MR) is 65.7 cm³/mol. The first-order valence-electron chi connectivity index (χ1n) is 5.79. The Labute approximate surface area is 94.1 Å². The first-order chi connectivity index (χ1) is 6.87. The third-order valence-corrected chi connectivity index (χ3v) is 2.24. The average Bonchev–Trinajstić information content (AvgIpc) is 2.09. The van der Waals surface area contributed by atoms with E-state index < -0.39 is 0 Å². The third-order valence-electron chi connectivity index (χ3n) is 2.24. The second-order valence-corrected chi connectivity index (χ2v) is 5.21. The fraction of sp³-hybridized carbons (Fsp3) is 0.769. The van der Waals surface area contributed by atoms with Gasteiger partial charge in [-0.25, -0.2) is 0 Å². The molecule has 15 heavy (non-hydrogen) atoms. The van der Waals surface area contributed by atoms with Crippen LogP contribution in [-0.4, -0.2) is 11.4 Å². The molecule has 2 nitrogen and oxygen atoms in total. The van der Waals surface area contributed by atoms with Crippen molar-refractivity contribution in [2.75, 3.05) is 0 Å². The number of nitrogens with one attached hydrogen (secondary N) is 1. The average molecular weight is 211 g/mol. The van der Waals surface area contributed by atoms with E-state index >= 15 is 0 Å². The van der Waals surface area contributed by atoms with E-state index in [2.05, 4.69) is 11.9 Å². The van der Waals surface area contributed by atoms with Crippen LogP contribution in [0, 0.1) is 5.92 Å². The third kappa shape index (κ3) is 8.22. The minimum atomic E-state index is -0.119. The molecule has 0 aromatic heterocycles. The highest BCUT2D eigenvalue weighted by atomic mass is 16.2. The maximum Gasteiger partial charge on any atom is 0.223 e. The summed E-state index contributed by atoms with van der Waals surface area (Å²) in [6.07, 6.45) is 6.19. The maximum absolute atomic E-state index is 11.7. The zero-order chi connectivity index (χ0) is 11.9. The van der Waals surface area contributed by atoms with Crippen LogP contribution in [0.25, 0.3) is 0 Å². The van der Waals surface area contributed by atoms with Gasteiger partial charge in [0.05, 0.1) is 0 Å². The van der Waals surface area contributed by atoms with Gasteiger partial charge in [0.15, 0.2) is 0 Å². The molecule has 0 spiro atoms. The molecule has 0 rings (SSSR count). The first-order valence-corrected chi connectivity index (χ1v) is 5.79. The van der Waals surface area contributed by atoms with Gasteiger partial charge >= 0.3 is 0 Å². The molecule has 0 aromatic carbocycles. The highest BCUT2D eigenvalue weighted by Gasteiger charge is 2.18. The maximum atomic E-state index is 11.7. The topological polar surface area (TPSA) is 29.1 Å². The normalized spacial score (nSPS) is 13.3. The summed E-state index contributed by atoms with van der Waals surface area (Å²) in [5.74, 6) is 0.287. The van der Waals surface area contributed by atoms with Crippen LogP contribution in [0.1, 0.15) is 53.4 Å². The minimum absolute atomic E-state index is 0.119. The number of rotatable bonds is 6. The van der Waals surface area contributed by atoms with Gasteiger partial charge in [-0.15, -0.1) is 6.58 Å². The molecular formula is C13H25NO. The number of hydrogen-bond donors (Lipinski definition) is 1. The van der Waals surface area contributed by atoms with Gasteiger partial charge in [-0.1, -0.05) is 19.4 Å². The number of unbranched alkanes of at least 4 members (excludes halogenated alkanes) is 2. The van der Waals surface area contributed by atoms with E-state index in [4.69, 9.17) is 0 Å². The van der Waals surface area contributed by atoms with Crippen LogP contribution in [-0.2, 0) is 4.79 Å². The molecule has 1 N–H and O–H groups in total. The van der Waals surface area contributed by atoms with Crippen LogP contribution in [0.4, 0.5) is 0 Å². The lowest BCUT2D eigenvalue weighted by Gasteiger charge is -2.23. The number of hydrogen-bond acceptors (Lipinski definition) is 1.